The number of aromatic nitrogens is 2. The SMILES string of the molecule is CCOC(=O)c1noc(-c2cc(N)cc(C)c2C)n1. The van der Waals surface area contributed by atoms with E-state index in [1.165, 1.54) is 0 Å². The quantitative estimate of drug-likeness (QED) is 0.672. The number of rotatable bonds is 3. The van der Waals surface area contributed by atoms with Crippen LogP contribution in [0, 0.1) is 13.8 Å². The molecule has 2 N–H and O–H groups in total. The van der Waals surface area contributed by atoms with Gasteiger partial charge in [0.1, 0.15) is 0 Å². The highest BCUT2D eigenvalue weighted by Crippen LogP contribution is 2.27. The average Bonchev–Trinajstić information content (AvgIpc) is 2.83. The number of esters is 1. The van der Waals surface area contributed by atoms with Gasteiger partial charge in [0.15, 0.2) is 0 Å². The lowest BCUT2D eigenvalue weighted by Gasteiger charge is -2.06. The fraction of sp³-hybridized carbons (Fsp3) is 0.308. The zero-order chi connectivity index (χ0) is 14.0. The first-order valence-electron chi connectivity index (χ1n) is 5.90. The Kier molecular flexibility index (Phi) is 3.50. The van der Waals surface area contributed by atoms with Crippen LogP contribution in [0.3, 0.4) is 0 Å². The summed E-state index contributed by atoms with van der Waals surface area (Å²) in [4.78, 5) is 15.5. The van der Waals surface area contributed by atoms with Gasteiger partial charge < -0.3 is 15.0 Å². The van der Waals surface area contributed by atoms with E-state index in [0.29, 0.717) is 5.69 Å². The molecule has 0 aliphatic carbocycles. The standard InChI is InChI=1S/C13H15N3O3/c1-4-18-13(17)11-15-12(19-16-11)10-6-9(14)5-7(2)8(10)3/h5-6H,4,14H2,1-3H3. The minimum absolute atomic E-state index is 0.0867. The molecule has 0 saturated heterocycles. The van der Waals surface area contributed by atoms with Gasteiger partial charge in [-0.05, 0) is 49.2 Å². The Morgan fingerprint density at radius 1 is 1.42 bits per heavy atom. The van der Waals surface area contributed by atoms with Crippen molar-refractivity contribution in [3.8, 4) is 11.5 Å². The number of nitrogens with two attached hydrogens (primary N) is 1. The van der Waals surface area contributed by atoms with Gasteiger partial charge in [-0.15, -0.1) is 0 Å². The van der Waals surface area contributed by atoms with Gasteiger partial charge >= 0.3 is 5.97 Å². The molecule has 0 aliphatic heterocycles. The minimum Gasteiger partial charge on any atom is -0.460 e. The van der Waals surface area contributed by atoms with Crippen LogP contribution in [0.5, 0.6) is 0 Å². The molecule has 0 radical (unpaired) electrons. The van der Waals surface area contributed by atoms with Crippen LogP contribution in [0.4, 0.5) is 5.69 Å². The molecule has 0 aliphatic rings. The van der Waals surface area contributed by atoms with Crippen LogP contribution in [0.25, 0.3) is 11.5 Å². The van der Waals surface area contributed by atoms with Crippen LogP contribution in [-0.4, -0.2) is 22.7 Å². The van der Waals surface area contributed by atoms with Crippen molar-refractivity contribution in [3.05, 3.63) is 29.1 Å². The minimum atomic E-state index is -0.601. The fourth-order valence-corrected chi connectivity index (χ4v) is 1.72. The number of nitrogens with zero attached hydrogens (tertiary/aromatic N) is 2. The van der Waals surface area contributed by atoms with E-state index in [1.807, 2.05) is 19.9 Å². The zero-order valence-corrected chi connectivity index (χ0v) is 11.1. The van der Waals surface area contributed by atoms with Gasteiger partial charge in [0.05, 0.1) is 6.61 Å². The second-order valence-corrected chi connectivity index (χ2v) is 4.15. The number of hydrogen-bond donors (Lipinski definition) is 1. The van der Waals surface area contributed by atoms with Crippen molar-refractivity contribution >= 4 is 11.7 Å². The molecule has 6 heteroatoms. The summed E-state index contributed by atoms with van der Waals surface area (Å²) < 4.78 is 9.90. The maximum atomic E-state index is 11.5. The Balaban J connectivity index is 2.41. The summed E-state index contributed by atoms with van der Waals surface area (Å²) in [6.07, 6.45) is 0. The molecule has 19 heavy (non-hydrogen) atoms. The van der Waals surface area contributed by atoms with Crippen molar-refractivity contribution in [2.45, 2.75) is 20.8 Å². The highest BCUT2D eigenvalue weighted by molar-refractivity contribution is 5.85. The number of hydrogen-bond acceptors (Lipinski definition) is 6. The van der Waals surface area contributed by atoms with E-state index in [1.54, 1.807) is 13.0 Å². The predicted molar refractivity (Wildman–Crippen MR) is 69.6 cm³/mol. The van der Waals surface area contributed by atoms with Crippen molar-refractivity contribution in [1.82, 2.24) is 10.1 Å². The third-order valence-electron chi connectivity index (χ3n) is 2.80. The Hall–Kier alpha value is -2.37. The van der Waals surface area contributed by atoms with Crippen molar-refractivity contribution in [3.63, 3.8) is 0 Å². The third-order valence-corrected chi connectivity index (χ3v) is 2.80. The van der Waals surface area contributed by atoms with Crippen LogP contribution in [-0.2, 0) is 4.74 Å². The van der Waals surface area contributed by atoms with Gasteiger partial charge in [-0.3, -0.25) is 0 Å². The van der Waals surface area contributed by atoms with Crippen LogP contribution in [0.15, 0.2) is 16.7 Å². The van der Waals surface area contributed by atoms with Gasteiger partial charge in [0.2, 0.25) is 0 Å². The average molecular weight is 261 g/mol. The van der Waals surface area contributed by atoms with E-state index < -0.39 is 5.97 Å². The molecule has 0 saturated carbocycles. The number of benzene rings is 1. The smallest absolute Gasteiger partial charge is 0.379 e. The van der Waals surface area contributed by atoms with E-state index in [4.69, 9.17) is 15.0 Å². The Morgan fingerprint density at radius 3 is 2.84 bits per heavy atom. The summed E-state index contributed by atoms with van der Waals surface area (Å²) in [5.74, 6) is -0.428. The van der Waals surface area contributed by atoms with Gasteiger partial charge in [0.25, 0.3) is 11.7 Å². The lowest BCUT2D eigenvalue weighted by molar-refractivity contribution is 0.0508. The van der Waals surface area contributed by atoms with Crippen molar-refractivity contribution in [2.24, 2.45) is 0 Å². The number of nitrogen functional groups attached to an aromatic ring is 1. The molecule has 0 fully saturated rings. The van der Waals surface area contributed by atoms with Crippen LogP contribution < -0.4 is 5.73 Å². The zero-order valence-electron chi connectivity index (χ0n) is 11.1. The van der Waals surface area contributed by atoms with E-state index in [2.05, 4.69) is 10.1 Å². The van der Waals surface area contributed by atoms with E-state index in [9.17, 15) is 4.79 Å². The first-order chi connectivity index (χ1) is 9.02. The summed E-state index contributed by atoms with van der Waals surface area (Å²) in [5, 5.41) is 3.61. The topological polar surface area (TPSA) is 91.2 Å². The fourth-order valence-electron chi connectivity index (χ4n) is 1.72. The normalized spacial score (nSPS) is 10.5. The molecule has 2 rings (SSSR count). The van der Waals surface area contributed by atoms with Gasteiger partial charge in [-0.25, -0.2) is 4.79 Å². The molecule has 0 bridgehead atoms. The van der Waals surface area contributed by atoms with E-state index in [-0.39, 0.29) is 18.3 Å². The highest BCUT2D eigenvalue weighted by atomic mass is 16.5. The lowest BCUT2D eigenvalue weighted by atomic mass is 10.0. The Labute approximate surface area is 110 Å². The summed E-state index contributed by atoms with van der Waals surface area (Å²) in [5.41, 5.74) is 9.13. The van der Waals surface area contributed by atoms with E-state index in [0.717, 1.165) is 16.7 Å². The monoisotopic (exact) mass is 261 g/mol. The summed E-state index contributed by atoms with van der Waals surface area (Å²) in [6.45, 7) is 5.85. The van der Waals surface area contributed by atoms with Gasteiger partial charge in [0, 0.05) is 11.3 Å². The largest absolute Gasteiger partial charge is 0.460 e. The molecule has 1 aromatic heterocycles. The summed E-state index contributed by atoms with van der Waals surface area (Å²) in [7, 11) is 0. The van der Waals surface area contributed by atoms with Gasteiger partial charge in [-0.1, -0.05) is 0 Å². The van der Waals surface area contributed by atoms with Crippen LogP contribution in [0.2, 0.25) is 0 Å². The molecule has 0 atom stereocenters. The number of aryl methyl sites for hydroxylation is 1. The second kappa shape index (κ2) is 5.09. The number of carbonyl (C=O) groups is 1. The Bertz CT molecular complexity index is 620. The molecule has 6 nitrogen and oxygen atoms in total. The first-order valence-corrected chi connectivity index (χ1v) is 5.90. The molecule has 100 valence electrons. The molecular formula is C13H15N3O3. The van der Waals surface area contributed by atoms with Crippen molar-refractivity contribution in [1.29, 1.82) is 0 Å². The predicted octanol–water partition coefficient (Wildman–Crippen LogP) is 2.11. The van der Waals surface area contributed by atoms with Crippen molar-refractivity contribution in [2.75, 3.05) is 12.3 Å². The Morgan fingerprint density at radius 2 is 2.16 bits per heavy atom. The molecule has 1 aromatic carbocycles. The molecule has 0 unspecified atom stereocenters. The van der Waals surface area contributed by atoms with Gasteiger partial charge in [-0.2, -0.15) is 4.98 Å². The second-order valence-electron chi connectivity index (χ2n) is 4.15. The van der Waals surface area contributed by atoms with Crippen LogP contribution in [0.1, 0.15) is 28.7 Å². The van der Waals surface area contributed by atoms with Crippen LogP contribution >= 0.6 is 0 Å². The summed E-state index contributed by atoms with van der Waals surface area (Å²) in [6, 6.07) is 3.60. The third kappa shape index (κ3) is 2.57. The number of anilines is 1. The maximum absolute atomic E-state index is 11.5. The number of ether oxygens (including phenoxy) is 1. The first kappa shape index (κ1) is 13.1. The molecule has 0 amide bonds. The highest BCUT2D eigenvalue weighted by Gasteiger charge is 2.18. The van der Waals surface area contributed by atoms with E-state index >= 15 is 0 Å². The molecule has 2 aromatic rings. The van der Waals surface area contributed by atoms with Crippen molar-refractivity contribution < 1.29 is 14.1 Å². The molecule has 1 heterocycles. The molecular weight excluding hydrogens is 246 g/mol. The molecule has 0 spiro atoms. The number of carbonyl (C=O) groups excluding carboxylic acids is 1. The summed E-state index contributed by atoms with van der Waals surface area (Å²) >= 11 is 0. The maximum Gasteiger partial charge on any atom is 0.379 e. The lowest BCUT2D eigenvalue weighted by Crippen LogP contribution is -2.06.